The van der Waals surface area contributed by atoms with Gasteiger partial charge < -0.3 is 10.1 Å². The fourth-order valence-corrected chi connectivity index (χ4v) is 3.77. The second-order valence-corrected chi connectivity index (χ2v) is 6.92. The number of rotatable bonds is 5. The van der Waals surface area contributed by atoms with Crippen molar-refractivity contribution in [1.29, 1.82) is 0 Å². The summed E-state index contributed by atoms with van der Waals surface area (Å²) in [4.78, 5) is 12.6. The minimum absolute atomic E-state index is 0.113. The van der Waals surface area contributed by atoms with Crippen LogP contribution in [0.3, 0.4) is 0 Å². The molecule has 1 heterocycles. The molecule has 4 rings (SSSR count). The first-order valence-corrected chi connectivity index (χ1v) is 9.40. The van der Waals surface area contributed by atoms with Crippen LogP contribution in [0.15, 0.2) is 84.9 Å². The lowest BCUT2D eigenvalue weighted by Gasteiger charge is -2.32. The molecule has 3 nitrogen and oxygen atoms in total. The fraction of sp³-hybridized carbons (Fsp3) is 0.208. The third-order valence-electron chi connectivity index (χ3n) is 5.15. The number of benzene rings is 3. The van der Waals surface area contributed by atoms with Crippen molar-refractivity contribution in [2.75, 3.05) is 6.54 Å². The molecule has 0 aliphatic carbocycles. The third kappa shape index (κ3) is 4.03. The predicted octanol–water partition coefficient (Wildman–Crippen LogP) is 4.65. The van der Waals surface area contributed by atoms with Gasteiger partial charge in [0.25, 0.3) is 0 Å². The minimum atomic E-state index is -0.143. The zero-order valence-electron chi connectivity index (χ0n) is 15.2. The van der Waals surface area contributed by atoms with Gasteiger partial charge in [-0.25, -0.2) is 0 Å². The van der Waals surface area contributed by atoms with Crippen LogP contribution < -0.4 is 10.1 Å². The monoisotopic (exact) mass is 357 g/mol. The van der Waals surface area contributed by atoms with Crippen molar-refractivity contribution in [3.05, 3.63) is 102 Å². The van der Waals surface area contributed by atoms with Crippen molar-refractivity contribution in [3.63, 3.8) is 0 Å². The number of nitrogens with one attached hydrogen (secondary N) is 1. The number of piperidine rings is 1. The molecular weight excluding hydrogens is 334 g/mol. The Morgan fingerprint density at radius 2 is 1.48 bits per heavy atom. The van der Waals surface area contributed by atoms with Crippen molar-refractivity contribution in [2.24, 2.45) is 0 Å². The lowest BCUT2D eigenvalue weighted by Crippen LogP contribution is -2.39. The van der Waals surface area contributed by atoms with Crippen LogP contribution in [-0.2, 0) is 11.4 Å². The van der Waals surface area contributed by atoms with Crippen LogP contribution in [0.4, 0.5) is 0 Å². The standard InChI is InChI=1S/C24H23NO2/c26-24-23(20-9-5-2-6-10-20)22(15-16-25-24)19-11-13-21(14-12-19)27-17-18-7-3-1-4-8-18/h1-14,22-23H,15-17H2,(H,25,26)/t22-,23-/m0/s1. The lowest BCUT2D eigenvalue weighted by molar-refractivity contribution is -0.124. The van der Waals surface area contributed by atoms with Gasteiger partial charge in [-0.1, -0.05) is 72.8 Å². The second-order valence-electron chi connectivity index (χ2n) is 6.92. The van der Waals surface area contributed by atoms with E-state index in [4.69, 9.17) is 4.74 Å². The maximum Gasteiger partial charge on any atom is 0.228 e. The van der Waals surface area contributed by atoms with Gasteiger partial charge in [0, 0.05) is 12.5 Å². The quantitative estimate of drug-likeness (QED) is 0.722. The highest BCUT2D eigenvalue weighted by Crippen LogP contribution is 2.38. The van der Waals surface area contributed by atoms with Gasteiger partial charge in [0.1, 0.15) is 12.4 Å². The van der Waals surface area contributed by atoms with Gasteiger partial charge in [-0.3, -0.25) is 4.79 Å². The number of hydrogen-bond acceptors (Lipinski definition) is 2. The van der Waals surface area contributed by atoms with Gasteiger partial charge in [-0.15, -0.1) is 0 Å². The Kier molecular flexibility index (Phi) is 5.20. The largest absolute Gasteiger partial charge is 0.489 e. The molecule has 1 aliphatic rings. The number of ether oxygens (including phenoxy) is 1. The van der Waals surface area contributed by atoms with Gasteiger partial charge in [0.15, 0.2) is 0 Å². The van der Waals surface area contributed by atoms with Crippen LogP contribution in [0.2, 0.25) is 0 Å². The molecule has 0 spiro atoms. The average Bonchev–Trinajstić information content (AvgIpc) is 2.74. The van der Waals surface area contributed by atoms with E-state index in [1.54, 1.807) is 0 Å². The van der Waals surface area contributed by atoms with E-state index in [0.717, 1.165) is 29.8 Å². The molecule has 1 aliphatic heterocycles. The van der Waals surface area contributed by atoms with E-state index in [9.17, 15) is 4.79 Å². The molecule has 3 aromatic rings. The van der Waals surface area contributed by atoms with Gasteiger partial charge >= 0.3 is 0 Å². The summed E-state index contributed by atoms with van der Waals surface area (Å²) < 4.78 is 5.89. The Balaban J connectivity index is 1.50. The van der Waals surface area contributed by atoms with E-state index < -0.39 is 0 Å². The molecule has 0 bridgehead atoms. The minimum Gasteiger partial charge on any atom is -0.489 e. The maximum absolute atomic E-state index is 12.6. The Morgan fingerprint density at radius 1 is 0.815 bits per heavy atom. The van der Waals surface area contributed by atoms with E-state index in [1.165, 1.54) is 5.56 Å². The van der Waals surface area contributed by atoms with Crippen LogP contribution in [-0.4, -0.2) is 12.5 Å². The molecule has 3 aromatic carbocycles. The van der Waals surface area contributed by atoms with Crippen LogP contribution in [0.1, 0.15) is 34.9 Å². The number of hydrogen-bond donors (Lipinski definition) is 1. The van der Waals surface area contributed by atoms with E-state index in [1.807, 2.05) is 60.7 Å². The topological polar surface area (TPSA) is 38.3 Å². The van der Waals surface area contributed by atoms with Crippen molar-refractivity contribution in [3.8, 4) is 5.75 Å². The molecule has 3 heteroatoms. The third-order valence-corrected chi connectivity index (χ3v) is 5.15. The van der Waals surface area contributed by atoms with Crippen LogP contribution in [0.25, 0.3) is 0 Å². The molecule has 136 valence electrons. The van der Waals surface area contributed by atoms with E-state index in [2.05, 4.69) is 29.6 Å². The van der Waals surface area contributed by atoms with E-state index in [0.29, 0.717) is 6.61 Å². The number of amides is 1. The van der Waals surface area contributed by atoms with Crippen molar-refractivity contribution >= 4 is 5.91 Å². The molecule has 2 atom stereocenters. The lowest BCUT2D eigenvalue weighted by atomic mass is 9.77. The summed E-state index contributed by atoms with van der Waals surface area (Å²) in [7, 11) is 0. The van der Waals surface area contributed by atoms with Gasteiger partial charge in [0.05, 0.1) is 5.92 Å². The van der Waals surface area contributed by atoms with Crippen molar-refractivity contribution in [1.82, 2.24) is 5.32 Å². The Morgan fingerprint density at radius 3 is 2.19 bits per heavy atom. The number of carbonyl (C=O) groups excluding carboxylic acids is 1. The molecule has 1 saturated heterocycles. The smallest absolute Gasteiger partial charge is 0.228 e. The average molecular weight is 357 g/mol. The highest BCUT2D eigenvalue weighted by atomic mass is 16.5. The van der Waals surface area contributed by atoms with Gasteiger partial charge in [-0.2, -0.15) is 0 Å². The number of carbonyl (C=O) groups is 1. The molecular formula is C24H23NO2. The normalized spacial score (nSPS) is 19.3. The Hall–Kier alpha value is -3.07. The molecule has 0 radical (unpaired) electrons. The summed E-state index contributed by atoms with van der Waals surface area (Å²) in [6.07, 6.45) is 0.940. The second kappa shape index (κ2) is 8.09. The first kappa shape index (κ1) is 17.3. The predicted molar refractivity (Wildman–Crippen MR) is 107 cm³/mol. The highest BCUT2D eigenvalue weighted by Gasteiger charge is 2.34. The fourth-order valence-electron chi connectivity index (χ4n) is 3.77. The van der Waals surface area contributed by atoms with Crippen LogP contribution in [0, 0.1) is 0 Å². The highest BCUT2D eigenvalue weighted by molar-refractivity contribution is 5.85. The van der Waals surface area contributed by atoms with Gasteiger partial charge in [0.2, 0.25) is 5.91 Å². The summed E-state index contributed by atoms with van der Waals surface area (Å²) in [5, 5.41) is 3.02. The van der Waals surface area contributed by atoms with Crippen LogP contribution >= 0.6 is 0 Å². The summed E-state index contributed by atoms with van der Waals surface area (Å²) in [6.45, 7) is 1.28. The van der Waals surface area contributed by atoms with Crippen molar-refractivity contribution < 1.29 is 9.53 Å². The molecule has 0 saturated carbocycles. The summed E-state index contributed by atoms with van der Waals surface area (Å²) in [5.74, 6) is 1.00. The van der Waals surface area contributed by atoms with Crippen molar-refractivity contribution in [2.45, 2.75) is 24.9 Å². The first-order chi connectivity index (χ1) is 13.3. The zero-order valence-corrected chi connectivity index (χ0v) is 15.2. The molecule has 0 aromatic heterocycles. The molecule has 1 N–H and O–H groups in total. The summed E-state index contributed by atoms with van der Waals surface area (Å²) in [5.41, 5.74) is 3.41. The molecule has 1 amide bonds. The molecule has 27 heavy (non-hydrogen) atoms. The van der Waals surface area contributed by atoms with E-state index in [-0.39, 0.29) is 17.7 Å². The molecule has 0 unspecified atom stereocenters. The Labute approximate surface area is 160 Å². The van der Waals surface area contributed by atoms with E-state index >= 15 is 0 Å². The van der Waals surface area contributed by atoms with Gasteiger partial charge in [-0.05, 0) is 35.2 Å². The Bertz CT molecular complexity index is 875. The van der Waals surface area contributed by atoms with Crippen LogP contribution in [0.5, 0.6) is 5.75 Å². The molecule has 1 fully saturated rings. The zero-order chi connectivity index (χ0) is 18.5. The summed E-state index contributed by atoms with van der Waals surface area (Å²) >= 11 is 0. The maximum atomic E-state index is 12.6. The SMILES string of the molecule is O=C1NCC[C@@H](c2ccc(OCc3ccccc3)cc2)[C@@H]1c1ccccc1. The first-order valence-electron chi connectivity index (χ1n) is 9.40. The summed E-state index contributed by atoms with van der Waals surface area (Å²) in [6, 6.07) is 28.4.